The molecule has 0 aromatic carbocycles. The minimum Gasteiger partial charge on any atom is -0.389 e. The molecule has 126 valence electrons. The monoisotopic (exact) mass is 318 g/mol. The summed E-state index contributed by atoms with van der Waals surface area (Å²) in [6, 6.07) is 3.84. The molecule has 6 heteroatoms. The lowest BCUT2D eigenvalue weighted by atomic mass is 9.82. The maximum Gasteiger partial charge on any atom is 0.225 e. The number of aliphatic hydroxyl groups is 1. The van der Waals surface area contributed by atoms with E-state index in [0.717, 1.165) is 57.6 Å². The van der Waals surface area contributed by atoms with Crippen molar-refractivity contribution < 1.29 is 9.90 Å². The van der Waals surface area contributed by atoms with Gasteiger partial charge in [0.2, 0.25) is 5.91 Å². The van der Waals surface area contributed by atoms with Gasteiger partial charge in [0.05, 0.1) is 12.0 Å². The molecule has 1 aliphatic heterocycles. The van der Waals surface area contributed by atoms with Gasteiger partial charge >= 0.3 is 0 Å². The molecule has 0 spiro atoms. The number of carbonyl (C=O) groups is 1. The van der Waals surface area contributed by atoms with Gasteiger partial charge in [0.15, 0.2) is 5.82 Å². The van der Waals surface area contributed by atoms with Gasteiger partial charge in [0.1, 0.15) is 0 Å². The first-order valence-electron chi connectivity index (χ1n) is 8.69. The van der Waals surface area contributed by atoms with E-state index < -0.39 is 5.60 Å². The van der Waals surface area contributed by atoms with E-state index in [4.69, 9.17) is 0 Å². The van der Waals surface area contributed by atoms with Crippen LogP contribution in [0.5, 0.6) is 0 Å². The third-order valence-corrected chi connectivity index (χ3v) is 5.00. The van der Waals surface area contributed by atoms with E-state index in [1.54, 1.807) is 6.20 Å². The van der Waals surface area contributed by atoms with Crippen molar-refractivity contribution in [2.45, 2.75) is 50.5 Å². The third kappa shape index (κ3) is 4.19. The summed E-state index contributed by atoms with van der Waals surface area (Å²) in [6.45, 7) is 3.09. The quantitative estimate of drug-likeness (QED) is 0.917. The second-order valence-electron chi connectivity index (χ2n) is 6.77. The number of aromatic nitrogens is 2. The lowest BCUT2D eigenvalue weighted by Gasteiger charge is -2.33. The fourth-order valence-electron chi connectivity index (χ4n) is 3.64. The number of anilines is 1. The summed E-state index contributed by atoms with van der Waals surface area (Å²) < 4.78 is 0. The minimum absolute atomic E-state index is 0.0930. The molecule has 1 N–H and O–H groups in total. The fraction of sp³-hybridized carbons (Fsp3) is 0.706. The van der Waals surface area contributed by atoms with Crippen molar-refractivity contribution in [2.24, 2.45) is 0 Å². The largest absolute Gasteiger partial charge is 0.389 e. The minimum atomic E-state index is -0.772. The molecule has 23 heavy (non-hydrogen) atoms. The van der Waals surface area contributed by atoms with E-state index in [0.29, 0.717) is 6.54 Å². The Morgan fingerprint density at radius 2 is 1.96 bits per heavy atom. The fourth-order valence-corrected chi connectivity index (χ4v) is 3.64. The molecule has 2 aliphatic rings. The number of hydrogen-bond acceptors (Lipinski definition) is 5. The lowest BCUT2D eigenvalue weighted by molar-refractivity contribution is -0.137. The first-order chi connectivity index (χ1) is 11.2. The molecule has 0 bridgehead atoms. The van der Waals surface area contributed by atoms with E-state index in [2.05, 4.69) is 15.1 Å². The van der Waals surface area contributed by atoms with Crippen molar-refractivity contribution >= 4 is 11.7 Å². The Kier molecular flexibility index (Phi) is 5.10. The van der Waals surface area contributed by atoms with Gasteiger partial charge < -0.3 is 14.9 Å². The summed E-state index contributed by atoms with van der Waals surface area (Å²) in [4.78, 5) is 16.7. The Bertz CT molecular complexity index is 517. The highest BCUT2D eigenvalue weighted by Gasteiger charge is 2.33. The van der Waals surface area contributed by atoms with Gasteiger partial charge in [0, 0.05) is 32.4 Å². The summed E-state index contributed by atoms with van der Waals surface area (Å²) in [5.41, 5.74) is -0.772. The number of rotatable bonds is 3. The van der Waals surface area contributed by atoms with Crippen LogP contribution in [-0.2, 0) is 4.79 Å². The van der Waals surface area contributed by atoms with Crippen LogP contribution in [0, 0.1) is 0 Å². The van der Waals surface area contributed by atoms with Crippen LogP contribution in [0.15, 0.2) is 18.3 Å². The van der Waals surface area contributed by atoms with Gasteiger partial charge in [-0.3, -0.25) is 4.79 Å². The highest BCUT2D eigenvalue weighted by molar-refractivity contribution is 5.77. The van der Waals surface area contributed by atoms with Crippen LogP contribution < -0.4 is 4.90 Å². The van der Waals surface area contributed by atoms with Crippen LogP contribution in [0.1, 0.15) is 44.9 Å². The molecule has 2 fully saturated rings. The van der Waals surface area contributed by atoms with Gasteiger partial charge in [-0.25, -0.2) is 0 Å². The highest BCUT2D eigenvalue weighted by atomic mass is 16.3. The molecule has 2 heterocycles. The van der Waals surface area contributed by atoms with Crippen molar-refractivity contribution in [2.75, 3.05) is 31.1 Å². The maximum atomic E-state index is 12.6. The molecule has 1 aromatic rings. The first-order valence-corrected chi connectivity index (χ1v) is 8.69. The summed E-state index contributed by atoms with van der Waals surface area (Å²) >= 11 is 0. The van der Waals surface area contributed by atoms with E-state index in [-0.39, 0.29) is 12.3 Å². The Morgan fingerprint density at radius 3 is 2.70 bits per heavy atom. The van der Waals surface area contributed by atoms with Crippen molar-refractivity contribution in [3.63, 3.8) is 0 Å². The molecule has 0 radical (unpaired) electrons. The number of carbonyl (C=O) groups excluding carboxylic acids is 1. The van der Waals surface area contributed by atoms with Crippen LogP contribution in [0.3, 0.4) is 0 Å². The second kappa shape index (κ2) is 7.25. The van der Waals surface area contributed by atoms with E-state index in [1.807, 2.05) is 17.0 Å². The van der Waals surface area contributed by atoms with E-state index in [9.17, 15) is 9.90 Å². The molecule has 1 aromatic heterocycles. The van der Waals surface area contributed by atoms with Crippen molar-refractivity contribution in [3.05, 3.63) is 18.3 Å². The Hall–Kier alpha value is -1.69. The average Bonchev–Trinajstić information content (AvgIpc) is 2.82. The lowest BCUT2D eigenvalue weighted by Crippen LogP contribution is -2.42. The molecule has 0 unspecified atom stereocenters. The SMILES string of the molecule is O=C(CC1(O)CCCCC1)N1CCCN(c2cccnn2)CC1. The molecule has 1 saturated heterocycles. The molecule has 1 amide bonds. The van der Waals surface area contributed by atoms with Gasteiger partial charge in [-0.05, 0) is 31.4 Å². The predicted octanol–water partition coefficient (Wildman–Crippen LogP) is 1.60. The van der Waals surface area contributed by atoms with Gasteiger partial charge in [-0.15, -0.1) is 5.10 Å². The molecular formula is C17H26N4O2. The van der Waals surface area contributed by atoms with Gasteiger partial charge in [-0.2, -0.15) is 5.10 Å². The van der Waals surface area contributed by atoms with Crippen LogP contribution in [0.25, 0.3) is 0 Å². The van der Waals surface area contributed by atoms with Crippen molar-refractivity contribution in [3.8, 4) is 0 Å². The van der Waals surface area contributed by atoms with Crippen molar-refractivity contribution in [1.82, 2.24) is 15.1 Å². The summed E-state index contributed by atoms with van der Waals surface area (Å²) in [5.74, 6) is 0.961. The second-order valence-corrected chi connectivity index (χ2v) is 6.77. The number of amides is 1. The number of hydrogen-bond donors (Lipinski definition) is 1. The van der Waals surface area contributed by atoms with E-state index in [1.165, 1.54) is 6.42 Å². The Labute approximate surface area is 137 Å². The molecular weight excluding hydrogens is 292 g/mol. The highest BCUT2D eigenvalue weighted by Crippen LogP contribution is 2.31. The van der Waals surface area contributed by atoms with Gasteiger partial charge in [0.25, 0.3) is 0 Å². The Morgan fingerprint density at radius 1 is 1.13 bits per heavy atom. The zero-order valence-electron chi connectivity index (χ0n) is 13.7. The summed E-state index contributed by atoms with van der Waals surface area (Å²) in [5, 5.41) is 18.7. The average molecular weight is 318 g/mol. The third-order valence-electron chi connectivity index (χ3n) is 5.00. The number of nitrogens with zero attached hydrogens (tertiary/aromatic N) is 4. The normalized spacial score (nSPS) is 21.8. The molecule has 6 nitrogen and oxygen atoms in total. The van der Waals surface area contributed by atoms with Crippen LogP contribution >= 0.6 is 0 Å². The zero-order valence-corrected chi connectivity index (χ0v) is 13.7. The Balaban J connectivity index is 1.56. The van der Waals surface area contributed by atoms with Crippen LogP contribution in [0.2, 0.25) is 0 Å². The van der Waals surface area contributed by atoms with Crippen molar-refractivity contribution in [1.29, 1.82) is 0 Å². The first kappa shape index (κ1) is 16.2. The van der Waals surface area contributed by atoms with E-state index >= 15 is 0 Å². The summed E-state index contributed by atoms with van der Waals surface area (Å²) in [6.07, 6.45) is 7.62. The smallest absolute Gasteiger partial charge is 0.225 e. The molecule has 0 atom stereocenters. The topological polar surface area (TPSA) is 69.6 Å². The zero-order chi connectivity index (χ0) is 16.1. The predicted molar refractivity (Wildman–Crippen MR) is 88.1 cm³/mol. The van der Waals surface area contributed by atoms with Gasteiger partial charge in [-0.1, -0.05) is 19.3 Å². The molecule has 1 aliphatic carbocycles. The standard InChI is InChI=1S/C17H26N4O2/c22-16(14-17(23)7-2-1-3-8-17)21-11-5-10-20(12-13-21)15-6-4-9-18-19-15/h4,6,9,23H,1-3,5,7-8,10-14H2. The molecule has 3 rings (SSSR count). The van der Waals surface area contributed by atoms with Crippen LogP contribution in [0.4, 0.5) is 5.82 Å². The summed E-state index contributed by atoms with van der Waals surface area (Å²) in [7, 11) is 0. The molecule has 1 saturated carbocycles. The van der Waals surface area contributed by atoms with Crippen LogP contribution in [-0.4, -0.2) is 57.9 Å². The maximum absolute atomic E-state index is 12.6.